The lowest BCUT2D eigenvalue weighted by Gasteiger charge is -2.10. The average Bonchev–Trinajstić information content (AvgIpc) is 2.85. The Bertz CT molecular complexity index is 867. The molecule has 0 saturated carbocycles. The summed E-state index contributed by atoms with van der Waals surface area (Å²) in [6.07, 6.45) is 0. The van der Waals surface area contributed by atoms with Gasteiger partial charge in [0, 0.05) is 6.07 Å². The van der Waals surface area contributed by atoms with Crippen LogP contribution in [0.25, 0.3) is 17.1 Å². The van der Waals surface area contributed by atoms with E-state index in [1.54, 1.807) is 6.07 Å². The third-order valence-corrected chi connectivity index (χ3v) is 3.68. The Labute approximate surface area is 132 Å². The highest BCUT2D eigenvalue weighted by molar-refractivity contribution is 9.10. The fraction of sp³-hybridized carbons (Fsp3) is 0. The molecule has 0 aliphatic heterocycles. The van der Waals surface area contributed by atoms with Gasteiger partial charge in [-0.3, -0.25) is 0 Å². The smallest absolute Gasteiger partial charge is 0.319 e. The van der Waals surface area contributed by atoms with Crippen molar-refractivity contribution in [3.8, 4) is 34.6 Å². The number of hydrogen-bond donors (Lipinski definition) is 3. The predicted octanol–water partition coefficient (Wildman–Crippen LogP) is 2.95. The average molecular weight is 366 g/mol. The second-order valence-corrected chi connectivity index (χ2v) is 5.29. The molecule has 0 bridgehead atoms. The van der Waals surface area contributed by atoms with E-state index in [4.69, 9.17) is 0 Å². The Morgan fingerprint density at radius 1 is 1.00 bits per heavy atom. The number of benzene rings is 2. The fourth-order valence-electron chi connectivity index (χ4n) is 2.04. The van der Waals surface area contributed by atoms with Crippen molar-refractivity contribution in [3.05, 3.63) is 46.7 Å². The van der Waals surface area contributed by atoms with Crippen LogP contribution in [0.1, 0.15) is 0 Å². The summed E-state index contributed by atoms with van der Waals surface area (Å²) in [6.45, 7) is 0. The molecule has 0 spiro atoms. The van der Waals surface area contributed by atoms with Crippen LogP contribution < -0.4 is 0 Å². The van der Waals surface area contributed by atoms with E-state index >= 15 is 0 Å². The molecular formula is C14H9BrFN3O3. The third-order valence-electron chi connectivity index (χ3n) is 3.05. The zero-order chi connectivity index (χ0) is 15.9. The van der Waals surface area contributed by atoms with Crippen LogP contribution in [-0.4, -0.2) is 30.1 Å². The van der Waals surface area contributed by atoms with Crippen molar-refractivity contribution in [3.63, 3.8) is 0 Å². The molecule has 0 fully saturated rings. The summed E-state index contributed by atoms with van der Waals surface area (Å²) in [5, 5.41) is 36.7. The molecule has 0 saturated heterocycles. The zero-order valence-corrected chi connectivity index (χ0v) is 12.5. The van der Waals surface area contributed by atoms with E-state index in [1.165, 1.54) is 24.3 Å². The Kier molecular flexibility index (Phi) is 3.45. The molecule has 3 N–H and O–H groups in total. The minimum Gasteiger partial charge on any atom is -0.507 e. The topological polar surface area (TPSA) is 91.4 Å². The molecule has 0 atom stereocenters. The van der Waals surface area contributed by atoms with Gasteiger partial charge in [0.25, 0.3) is 0 Å². The summed E-state index contributed by atoms with van der Waals surface area (Å²) < 4.78 is 15.3. The van der Waals surface area contributed by atoms with Crippen molar-refractivity contribution < 1.29 is 19.7 Å². The first-order valence-corrected chi connectivity index (χ1v) is 6.89. The molecule has 0 aliphatic rings. The first kappa shape index (κ1) is 14.3. The SMILES string of the molecule is Oc1cc(O)c(-c2nnc(O)n2-c2ccccc2F)cc1Br. The summed E-state index contributed by atoms with van der Waals surface area (Å²) >= 11 is 3.12. The summed E-state index contributed by atoms with van der Waals surface area (Å²) in [5.41, 5.74) is 0.198. The molecule has 22 heavy (non-hydrogen) atoms. The second-order valence-electron chi connectivity index (χ2n) is 4.43. The van der Waals surface area contributed by atoms with E-state index in [0.717, 1.165) is 10.6 Å². The normalized spacial score (nSPS) is 10.8. The van der Waals surface area contributed by atoms with Crippen LogP contribution in [0.4, 0.5) is 4.39 Å². The van der Waals surface area contributed by atoms with Gasteiger partial charge in [0.15, 0.2) is 5.82 Å². The first-order valence-electron chi connectivity index (χ1n) is 6.10. The number of hydrogen-bond acceptors (Lipinski definition) is 5. The van der Waals surface area contributed by atoms with E-state index in [0.29, 0.717) is 4.47 Å². The summed E-state index contributed by atoms with van der Waals surface area (Å²) in [7, 11) is 0. The Morgan fingerprint density at radius 2 is 1.73 bits per heavy atom. The van der Waals surface area contributed by atoms with Gasteiger partial charge in [-0.2, -0.15) is 0 Å². The summed E-state index contributed by atoms with van der Waals surface area (Å²) in [6, 6.07) is 7.74. The molecular weight excluding hydrogens is 357 g/mol. The lowest BCUT2D eigenvalue weighted by atomic mass is 10.1. The molecule has 1 aromatic heterocycles. The molecule has 6 nitrogen and oxygen atoms in total. The molecule has 1 heterocycles. The van der Waals surface area contributed by atoms with E-state index in [1.807, 2.05) is 0 Å². The minimum atomic E-state index is -0.587. The van der Waals surface area contributed by atoms with Crippen molar-refractivity contribution in [2.45, 2.75) is 0 Å². The van der Waals surface area contributed by atoms with E-state index < -0.39 is 11.8 Å². The predicted molar refractivity (Wildman–Crippen MR) is 79.4 cm³/mol. The Balaban J connectivity index is 2.27. The quantitative estimate of drug-likeness (QED) is 0.649. The molecule has 8 heteroatoms. The van der Waals surface area contributed by atoms with Gasteiger partial charge < -0.3 is 15.3 Å². The largest absolute Gasteiger partial charge is 0.507 e. The van der Waals surface area contributed by atoms with Crippen LogP contribution in [0.2, 0.25) is 0 Å². The fourth-order valence-corrected chi connectivity index (χ4v) is 2.38. The number of phenolic OH excluding ortho intramolecular Hbond substituents is 2. The highest BCUT2D eigenvalue weighted by Gasteiger charge is 2.21. The van der Waals surface area contributed by atoms with E-state index in [9.17, 15) is 19.7 Å². The Morgan fingerprint density at radius 3 is 2.45 bits per heavy atom. The lowest BCUT2D eigenvalue weighted by Crippen LogP contribution is -2.00. The standard InChI is InChI=1S/C14H9BrFN3O3/c15-8-5-7(11(20)6-12(8)21)13-17-18-14(22)19(13)10-4-2-1-3-9(10)16/h1-6,20-21H,(H,18,22). The van der Waals surface area contributed by atoms with E-state index in [2.05, 4.69) is 26.1 Å². The maximum Gasteiger partial charge on any atom is 0.319 e. The van der Waals surface area contributed by atoms with Crippen LogP contribution in [0.5, 0.6) is 17.5 Å². The molecule has 3 rings (SSSR count). The molecule has 112 valence electrons. The molecule has 0 aliphatic carbocycles. The molecule has 2 aromatic carbocycles. The molecule has 3 aromatic rings. The van der Waals surface area contributed by atoms with Crippen LogP contribution >= 0.6 is 15.9 Å². The maximum absolute atomic E-state index is 14.0. The first-order chi connectivity index (χ1) is 10.5. The number of para-hydroxylation sites is 1. The number of nitrogens with zero attached hydrogens (tertiary/aromatic N) is 3. The van der Waals surface area contributed by atoms with Gasteiger partial charge in [0.1, 0.15) is 17.3 Å². The van der Waals surface area contributed by atoms with Crippen LogP contribution in [0.3, 0.4) is 0 Å². The third kappa shape index (κ3) is 2.27. The molecule has 0 radical (unpaired) electrons. The van der Waals surface area contributed by atoms with Crippen molar-refractivity contribution in [2.75, 3.05) is 0 Å². The van der Waals surface area contributed by atoms with Crippen LogP contribution in [0, 0.1) is 5.82 Å². The minimum absolute atomic E-state index is 0.0285. The monoisotopic (exact) mass is 365 g/mol. The van der Waals surface area contributed by atoms with Crippen molar-refractivity contribution >= 4 is 15.9 Å². The van der Waals surface area contributed by atoms with Gasteiger partial charge in [0.2, 0.25) is 0 Å². The van der Waals surface area contributed by atoms with Crippen LogP contribution in [-0.2, 0) is 0 Å². The van der Waals surface area contributed by atoms with Crippen LogP contribution in [0.15, 0.2) is 40.9 Å². The van der Waals surface area contributed by atoms with Gasteiger partial charge in [-0.1, -0.05) is 17.2 Å². The van der Waals surface area contributed by atoms with E-state index in [-0.39, 0.29) is 28.6 Å². The zero-order valence-electron chi connectivity index (χ0n) is 10.9. The van der Waals surface area contributed by atoms with Gasteiger partial charge in [-0.05, 0) is 34.1 Å². The summed E-state index contributed by atoms with van der Waals surface area (Å²) in [4.78, 5) is 0. The van der Waals surface area contributed by atoms with Gasteiger partial charge in [-0.15, -0.1) is 5.10 Å². The summed E-state index contributed by atoms with van der Waals surface area (Å²) in [5.74, 6) is -1.01. The highest BCUT2D eigenvalue weighted by atomic mass is 79.9. The molecule has 0 amide bonds. The number of phenols is 2. The second kappa shape index (κ2) is 5.30. The molecule has 0 unspecified atom stereocenters. The number of aromatic hydroxyl groups is 3. The number of halogens is 2. The van der Waals surface area contributed by atoms with Crippen molar-refractivity contribution in [1.82, 2.24) is 14.8 Å². The van der Waals surface area contributed by atoms with Gasteiger partial charge in [-0.25, -0.2) is 8.96 Å². The van der Waals surface area contributed by atoms with Crippen molar-refractivity contribution in [2.24, 2.45) is 0 Å². The maximum atomic E-state index is 14.0. The van der Waals surface area contributed by atoms with Gasteiger partial charge >= 0.3 is 6.01 Å². The Hall–Kier alpha value is -2.61. The van der Waals surface area contributed by atoms with Gasteiger partial charge in [0.05, 0.1) is 15.7 Å². The van der Waals surface area contributed by atoms with Crippen molar-refractivity contribution in [1.29, 1.82) is 0 Å². The number of rotatable bonds is 2. The number of aromatic nitrogens is 3. The lowest BCUT2D eigenvalue weighted by molar-refractivity contribution is 0.418. The highest BCUT2D eigenvalue weighted by Crippen LogP contribution is 2.38.